The number of para-hydroxylation sites is 1. The van der Waals surface area contributed by atoms with Crippen LogP contribution in [-0.2, 0) is 0 Å². The second-order valence-electron chi connectivity index (χ2n) is 4.68. The van der Waals surface area contributed by atoms with E-state index in [-0.39, 0.29) is 0 Å². The number of nitrogens with zero attached hydrogens (tertiary/aromatic N) is 2. The van der Waals surface area contributed by atoms with E-state index >= 15 is 0 Å². The van der Waals surface area contributed by atoms with Crippen LogP contribution in [0.3, 0.4) is 0 Å². The van der Waals surface area contributed by atoms with E-state index in [4.69, 9.17) is 10.5 Å². The Bertz CT molecular complexity index is 740. The molecule has 3 rings (SSSR count). The first-order valence-corrected chi connectivity index (χ1v) is 6.65. The van der Waals surface area contributed by atoms with Crippen molar-refractivity contribution in [2.75, 3.05) is 5.73 Å². The first kappa shape index (κ1) is 13.1. The molecule has 2 aromatic carbocycles. The first-order valence-electron chi connectivity index (χ1n) is 6.65. The molecule has 0 aliphatic heterocycles. The maximum Gasteiger partial charge on any atom is 0.150 e. The van der Waals surface area contributed by atoms with Gasteiger partial charge in [0.15, 0.2) is 0 Å². The molecule has 104 valence electrons. The predicted octanol–water partition coefficient (Wildman–Crippen LogP) is 3.83. The zero-order chi connectivity index (χ0) is 14.7. The highest BCUT2D eigenvalue weighted by atomic mass is 16.5. The molecule has 0 saturated carbocycles. The Morgan fingerprint density at radius 1 is 0.905 bits per heavy atom. The second-order valence-corrected chi connectivity index (χ2v) is 4.68. The summed E-state index contributed by atoms with van der Waals surface area (Å²) in [5.74, 6) is 2.00. The number of aromatic nitrogens is 2. The van der Waals surface area contributed by atoms with Gasteiger partial charge in [-0.3, -0.25) is 0 Å². The van der Waals surface area contributed by atoms with Crippen LogP contribution in [0.5, 0.6) is 11.5 Å². The Balaban J connectivity index is 1.85. The van der Waals surface area contributed by atoms with Crippen molar-refractivity contribution in [3.63, 3.8) is 0 Å². The van der Waals surface area contributed by atoms with E-state index in [0.29, 0.717) is 11.5 Å². The Morgan fingerprint density at radius 3 is 2.29 bits per heavy atom. The van der Waals surface area contributed by atoms with E-state index in [2.05, 4.69) is 9.97 Å². The molecule has 0 saturated heterocycles. The van der Waals surface area contributed by atoms with Crippen LogP contribution < -0.4 is 10.5 Å². The summed E-state index contributed by atoms with van der Waals surface area (Å²) in [5.41, 5.74) is 8.33. The van der Waals surface area contributed by atoms with Crippen LogP contribution in [0.1, 0.15) is 5.69 Å². The van der Waals surface area contributed by atoms with E-state index in [1.54, 1.807) is 6.20 Å². The van der Waals surface area contributed by atoms with Crippen LogP contribution >= 0.6 is 0 Å². The van der Waals surface area contributed by atoms with Gasteiger partial charge in [-0.25, -0.2) is 9.97 Å². The van der Waals surface area contributed by atoms with Crippen molar-refractivity contribution in [2.45, 2.75) is 6.92 Å². The SMILES string of the molecule is Cc1cnc(N)c(-c2ccc(Oc3ccccc3)cc2)n1. The summed E-state index contributed by atoms with van der Waals surface area (Å²) in [6, 6.07) is 17.3. The average molecular weight is 277 g/mol. The molecule has 0 spiro atoms. The van der Waals surface area contributed by atoms with Gasteiger partial charge in [0, 0.05) is 5.56 Å². The molecular weight excluding hydrogens is 262 g/mol. The molecule has 0 fully saturated rings. The zero-order valence-corrected chi connectivity index (χ0v) is 11.7. The lowest BCUT2D eigenvalue weighted by molar-refractivity contribution is 0.483. The molecule has 0 atom stereocenters. The van der Waals surface area contributed by atoms with Gasteiger partial charge < -0.3 is 10.5 Å². The summed E-state index contributed by atoms with van der Waals surface area (Å²) in [5, 5.41) is 0. The predicted molar refractivity (Wildman–Crippen MR) is 83.1 cm³/mol. The number of rotatable bonds is 3. The monoisotopic (exact) mass is 277 g/mol. The smallest absolute Gasteiger partial charge is 0.150 e. The quantitative estimate of drug-likeness (QED) is 0.790. The third-order valence-electron chi connectivity index (χ3n) is 3.03. The molecule has 0 aliphatic rings. The van der Waals surface area contributed by atoms with Gasteiger partial charge in [-0.05, 0) is 43.3 Å². The van der Waals surface area contributed by atoms with Crippen molar-refractivity contribution in [3.05, 3.63) is 66.5 Å². The van der Waals surface area contributed by atoms with Crippen LogP contribution in [0.25, 0.3) is 11.3 Å². The van der Waals surface area contributed by atoms with Gasteiger partial charge in [0.2, 0.25) is 0 Å². The maximum atomic E-state index is 5.88. The molecule has 0 unspecified atom stereocenters. The Kier molecular flexibility index (Phi) is 3.51. The molecule has 0 aliphatic carbocycles. The largest absolute Gasteiger partial charge is 0.457 e. The number of ether oxygens (including phenoxy) is 1. The third-order valence-corrected chi connectivity index (χ3v) is 3.03. The van der Waals surface area contributed by atoms with Crippen LogP contribution in [0.2, 0.25) is 0 Å². The average Bonchev–Trinajstić information content (AvgIpc) is 2.52. The second kappa shape index (κ2) is 5.63. The maximum absolute atomic E-state index is 5.88. The standard InChI is InChI=1S/C17H15N3O/c1-12-11-19-17(18)16(20-12)13-7-9-15(10-8-13)21-14-5-3-2-4-6-14/h2-11H,1H3,(H2,18,19). The zero-order valence-electron chi connectivity index (χ0n) is 11.7. The van der Waals surface area contributed by atoms with Crippen molar-refractivity contribution < 1.29 is 4.74 Å². The van der Waals surface area contributed by atoms with Crippen LogP contribution in [0.15, 0.2) is 60.8 Å². The number of hydrogen-bond donors (Lipinski definition) is 1. The van der Waals surface area contributed by atoms with Crippen molar-refractivity contribution in [3.8, 4) is 22.8 Å². The minimum Gasteiger partial charge on any atom is -0.457 e. The number of hydrogen-bond acceptors (Lipinski definition) is 4. The Morgan fingerprint density at radius 2 is 1.57 bits per heavy atom. The minimum atomic E-state index is 0.428. The number of benzene rings is 2. The summed E-state index contributed by atoms with van der Waals surface area (Å²) in [7, 11) is 0. The highest BCUT2D eigenvalue weighted by Crippen LogP contribution is 2.26. The van der Waals surface area contributed by atoms with Crippen molar-refractivity contribution in [2.24, 2.45) is 0 Å². The van der Waals surface area contributed by atoms with Crippen LogP contribution in [0, 0.1) is 6.92 Å². The van der Waals surface area contributed by atoms with Gasteiger partial charge in [-0.1, -0.05) is 18.2 Å². The van der Waals surface area contributed by atoms with Crippen molar-refractivity contribution in [1.82, 2.24) is 9.97 Å². The van der Waals surface area contributed by atoms with Gasteiger partial charge in [0.25, 0.3) is 0 Å². The summed E-state index contributed by atoms with van der Waals surface area (Å²) in [6.07, 6.45) is 1.66. The molecule has 1 heterocycles. The number of nitrogens with two attached hydrogens (primary N) is 1. The molecule has 1 aromatic heterocycles. The van der Waals surface area contributed by atoms with E-state index in [0.717, 1.165) is 22.8 Å². The van der Waals surface area contributed by atoms with Crippen LogP contribution in [-0.4, -0.2) is 9.97 Å². The van der Waals surface area contributed by atoms with Crippen molar-refractivity contribution in [1.29, 1.82) is 0 Å². The van der Waals surface area contributed by atoms with Gasteiger partial charge in [0.1, 0.15) is 23.0 Å². The molecule has 4 heteroatoms. The minimum absolute atomic E-state index is 0.428. The first-order chi connectivity index (χ1) is 10.2. The summed E-state index contributed by atoms with van der Waals surface area (Å²) < 4.78 is 5.76. The fraction of sp³-hybridized carbons (Fsp3) is 0.0588. The summed E-state index contributed by atoms with van der Waals surface area (Å²) in [6.45, 7) is 1.89. The Labute approximate surface area is 123 Å². The van der Waals surface area contributed by atoms with E-state index in [1.807, 2.05) is 61.5 Å². The van der Waals surface area contributed by atoms with Gasteiger partial charge in [0.05, 0.1) is 11.9 Å². The number of nitrogen functional groups attached to an aromatic ring is 1. The van der Waals surface area contributed by atoms with E-state index < -0.39 is 0 Å². The lowest BCUT2D eigenvalue weighted by Crippen LogP contribution is -1.98. The molecule has 2 N–H and O–H groups in total. The van der Waals surface area contributed by atoms with E-state index in [1.165, 1.54) is 0 Å². The summed E-state index contributed by atoms with van der Waals surface area (Å²) in [4.78, 5) is 8.56. The fourth-order valence-electron chi connectivity index (χ4n) is 2.00. The van der Waals surface area contributed by atoms with Crippen LogP contribution in [0.4, 0.5) is 5.82 Å². The summed E-state index contributed by atoms with van der Waals surface area (Å²) >= 11 is 0. The van der Waals surface area contributed by atoms with Gasteiger partial charge >= 0.3 is 0 Å². The topological polar surface area (TPSA) is 61.0 Å². The van der Waals surface area contributed by atoms with Gasteiger partial charge in [-0.15, -0.1) is 0 Å². The molecule has 4 nitrogen and oxygen atoms in total. The van der Waals surface area contributed by atoms with Crippen molar-refractivity contribution >= 4 is 5.82 Å². The lowest BCUT2D eigenvalue weighted by atomic mass is 10.1. The highest BCUT2D eigenvalue weighted by molar-refractivity contribution is 5.70. The molecule has 3 aromatic rings. The number of anilines is 1. The highest BCUT2D eigenvalue weighted by Gasteiger charge is 2.06. The number of aryl methyl sites for hydroxylation is 1. The molecule has 0 amide bonds. The third kappa shape index (κ3) is 3.00. The Hall–Kier alpha value is -2.88. The molecular formula is C17H15N3O. The van der Waals surface area contributed by atoms with E-state index in [9.17, 15) is 0 Å². The lowest BCUT2D eigenvalue weighted by Gasteiger charge is -2.08. The fourth-order valence-corrected chi connectivity index (χ4v) is 2.00. The molecule has 21 heavy (non-hydrogen) atoms. The molecule has 0 radical (unpaired) electrons. The molecule has 0 bridgehead atoms. The van der Waals surface area contributed by atoms with Gasteiger partial charge in [-0.2, -0.15) is 0 Å². The normalized spacial score (nSPS) is 10.3.